The molecule has 2 aromatic carbocycles. The Morgan fingerprint density at radius 2 is 2.00 bits per heavy atom. The number of aliphatic hydroxyl groups excluding tert-OH is 1. The molecule has 0 saturated carbocycles. The van der Waals surface area contributed by atoms with Gasteiger partial charge < -0.3 is 9.84 Å². The van der Waals surface area contributed by atoms with E-state index >= 15 is 0 Å². The maximum absolute atomic E-state index is 10.3. The van der Waals surface area contributed by atoms with Gasteiger partial charge in [0.25, 0.3) is 0 Å². The van der Waals surface area contributed by atoms with Crippen molar-refractivity contribution in [1.82, 2.24) is 0 Å². The van der Waals surface area contributed by atoms with Gasteiger partial charge in [-0.15, -0.1) is 0 Å². The second kappa shape index (κ2) is 6.09. The molecule has 19 heavy (non-hydrogen) atoms. The first-order valence-corrected chi connectivity index (χ1v) is 6.55. The Hall–Kier alpha value is -1.51. The van der Waals surface area contributed by atoms with Crippen molar-refractivity contribution in [2.24, 2.45) is 0 Å². The first-order chi connectivity index (χ1) is 9.10. The van der Waals surface area contributed by atoms with Crippen molar-refractivity contribution in [3.63, 3.8) is 0 Å². The molecular weight excluding hydrogens is 260 g/mol. The topological polar surface area (TPSA) is 29.5 Å². The molecule has 0 amide bonds. The molecule has 1 N–H and O–H groups in total. The smallest absolute Gasteiger partial charge is 0.119 e. The third-order valence-electron chi connectivity index (χ3n) is 3.10. The number of methoxy groups -OCH3 is 1. The molecule has 1 atom stereocenters. The normalized spacial score (nSPS) is 12.2. The Kier molecular flexibility index (Phi) is 4.46. The number of hydrogen-bond donors (Lipinski definition) is 1. The zero-order valence-electron chi connectivity index (χ0n) is 11.1. The van der Waals surface area contributed by atoms with Crippen LogP contribution in [0.25, 0.3) is 0 Å². The molecule has 0 aromatic heterocycles. The van der Waals surface area contributed by atoms with E-state index in [0.717, 1.165) is 22.4 Å². The fraction of sp³-hybridized carbons (Fsp3) is 0.250. The summed E-state index contributed by atoms with van der Waals surface area (Å²) in [6, 6.07) is 13.3. The number of aliphatic hydroxyl groups is 1. The van der Waals surface area contributed by atoms with E-state index in [4.69, 9.17) is 16.3 Å². The predicted molar refractivity (Wildman–Crippen MR) is 77.8 cm³/mol. The predicted octanol–water partition coefficient (Wildman–Crippen LogP) is 3.93. The van der Waals surface area contributed by atoms with Gasteiger partial charge in [-0.05, 0) is 41.8 Å². The van der Waals surface area contributed by atoms with Crippen molar-refractivity contribution in [2.75, 3.05) is 7.11 Å². The van der Waals surface area contributed by atoms with Gasteiger partial charge in [0.05, 0.1) is 13.2 Å². The Labute approximate surface area is 118 Å². The summed E-state index contributed by atoms with van der Waals surface area (Å²) in [6.45, 7) is 1.99. The number of rotatable bonds is 4. The van der Waals surface area contributed by atoms with Gasteiger partial charge in [-0.1, -0.05) is 35.9 Å². The average molecular weight is 277 g/mol. The highest BCUT2D eigenvalue weighted by molar-refractivity contribution is 6.31. The molecule has 0 bridgehead atoms. The average Bonchev–Trinajstić information content (AvgIpc) is 2.42. The highest BCUT2D eigenvalue weighted by Gasteiger charge is 2.11. The molecule has 0 aliphatic rings. The monoisotopic (exact) mass is 276 g/mol. The summed E-state index contributed by atoms with van der Waals surface area (Å²) < 4.78 is 5.16. The molecule has 1 unspecified atom stereocenters. The maximum Gasteiger partial charge on any atom is 0.119 e. The largest absolute Gasteiger partial charge is 0.497 e. The summed E-state index contributed by atoms with van der Waals surface area (Å²) in [5.74, 6) is 0.742. The molecule has 2 nitrogen and oxygen atoms in total. The van der Waals surface area contributed by atoms with Crippen LogP contribution in [-0.2, 0) is 6.42 Å². The number of ether oxygens (including phenoxy) is 1. The first kappa shape index (κ1) is 13.9. The van der Waals surface area contributed by atoms with Gasteiger partial charge in [0.15, 0.2) is 0 Å². The molecule has 100 valence electrons. The van der Waals surface area contributed by atoms with Crippen molar-refractivity contribution in [3.05, 3.63) is 64.2 Å². The molecular formula is C16H17ClO2. The first-order valence-electron chi connectivity index (χ1n) is 6.17. The van der Waals surface area contributed by atoms with E-state index in [1.807, 2.05) is 49.4 Å². The minimum Gasteiger partial charge on any atom is -0.497 e. The molecule has 0 saturated heterocycles. The van der Waals surface area contributed by atoms with Crippen LogP contribution in [0, 0.1) is 6.92 Å². The van der Waals surface area contributed by atoms with E-state index < -0.39 is 6.10 Å². The summed E-state index contributed by atoms with van der Waals surface area (Å²) >= 11 is 6.18. The lowest BCUT2D eigenvalue weighted by molar-refractivity contribution is 0.178. The second-order valence-electron chi connectivity index (χ2n) is 4.59. The Morgan fingerprint density at radius 3 is 2.68 bits per heavy atom. The van der Waals surface area contributed by atoms with E-state index in [-0.39, 0.29) is 0 Å². The van der Waals surface area contributed by atoms with Gasteiger partial charge in [-0.25, -0.2) is 0 Å². The fourth-order valence-corrected chi connectivity index (χ4v) is 2.31. The van der Waals surface area contributed by atoms with Crippen LogP contribution >= 0.6 is 11.6 Å². The Bertz CT molecular complexity index is 566. The van der Waals surface area contributed by atoms with Gasteiger partial charge in [-0.2, -0.15) is 0 Å². The van der Waals surface area contributed by atoms with E-state index in [0.29, 0.717) is 11.4 Å². The van der Waals surface area contributed by atoms with E-state index in [2.05, 4.69) is 0 Å². The number of hydrogen-bond acceptors (Lipinski definition) is 2. The van der Waals surface area contributed by atoms with Crippen LogP contribution in [0.15, 0.2) is 42.5 Å². The minimum absolute atomic E-state index is 0.492. The van der Waals surface area contributed by atoms with E-state index in [1.165, 1.54) is 0 Å². The van der Waals surface area contributed by atoms with Gasteiger partial charge in [0.1, 0.15) is 5.75 Å². The summed E-state index contributed by atoms with van der Waals surface area (Å²) in [4.78, 5) is 0. The highest BCUT2D eigenvalue weighted by atomic mass is 35.5. The van der Waals surface area contributed by atoms with Crippen molar-refractivity contribution >= 4 is 11.6 Å². The van der Waals surface area contributed by atoms with Gasteiger partial charge in [-0.3, -0.25) is 0 Å². The van der Waals surface area contributed by atoms with Crippen LogP contribution in [0.3, 0.4) is 0 Å². The lowest BCUT2D eigenvalue weighted by Crippen LogP contribution is -2.02. The SMILES string of the molecule is COc1cccc(C(O)Cc2ccc(C)cc2Cl)c1. The van der Waals surface area contributed by atoms with E-state index in [9.17, 15) is 5.11 Å². The minimum atomic E-state index is -0.588. The zero-order valence-corrected chi connectivity index (χ0v) is 11.8. The molecule has 0 heterocycles. The van der Waals surface area contributed by atoms with Gasteiger partial charge >= 0.3 is 0 Å². The lowest BCUT2D eigenvalue weighted by atomic mass is 10.0. The lowest BCUT2D eigenvalue weighted by Gasteiger charge is -2.13. The molecule has 0 aliphatic heterocycles. The Morgan fingerprint density at radius 1 is 1.21 bits per heavy atom. The molecule has 0 aliphatic carbocycles. The van der Waals surface area contributed by atoms with Gasteiger partial charge in [0, 0.05) is 11.4 Å². The van der Waals surface area contributed by atoms with Crippen LogP contribution in [0.1, 0.15) is 22.8 Å². The third kappa shape index (κ3) is 3.49. The fourth-order valence-electron chi connectivity index (χ4n) is 1.99. The molecule has 0 fully saturated rings. The maximum atomic E-state index is 10.3. The van der Waals surface area contributed by atoms with Crippen LogP contribution < -0.4 is 4.74 Å². The third-order valence-corrected chi connectivity index (χ3v) is 3.45. The van der Waals surface area contributed by atoms with Crippen molar-refractivity contribution in [3.8, 4) is 5.75 Å². The standard InChI is InChI=1S/C16H17ClO2/c1-11-6-7-12(15(17)8-11)10-16(18)13-4-3-5-14(9-13)19-2/h3-9,16,18H,10H2,1-2H3. The van der Waals surface area contributed by atoms with Crippen LogP contribution in [0.5, 0.6) is 5.75 Å². The van der Waals surface area contributed by atoms with Crippen molar-refractivity contribution in [1.29, 1.82) is 0 Å². The van der Waals surface area contributed by atoms with Crippen LogP contribution in [-0.4, -0.2) is 12.2 Å². The van der Waals surface area contributed by atoms with Gasteiger partial charge in [0.2, 0.25) is 0 Å². The highest BCUT2D eigenvalue weighted by Crippen LogP contribution is 2.26. The van der Waals surface area contributed by atoms with Crippen molar-refractivity contribution < 1.29 is 9.84 Å². The Balaban J connectivity index is 2.17. The molecule has 0 spiro atoms. The van der Waals surface area contributed by atoms with Crippen LogP contribution in [0.4, 0.5) is 0 Å². The summed E-state index contributed by atoms with van der Waals surface area (Å²) in [5, 5.41) is 11.0. The van der Waals surface area contributed by atoms with E-state index in [1.54, 1.807) is 7.11 Å². The van der Waals surface area contributed by atoms with Crippen molar-refractivity contribution in [2.45, 2.75) is 19.4 Å². The summed E-state index contributed by atoms with van der Waals surface area (Å²) in [5.41, 5.74) is 2.89. The quantitative estimate of drug-likeness (QED) is 0.917. The molecule has 3 heteroatoms. The summed E-state index contributed by atoms with van der Waals surface area (Å²) in [6.07, 6.45) is -0.0953. The second-order valence-corrected chi connectivity index (χ2v) is 5.00. The number of aryl methyl sites for hydroxylation is 1. The molecule has 2 aromatic rings. The molecule has 0 radical (unpaired) electrons. The zero-order chi connectivity index (χ0) is 13.8. The van der Waals surface area contributed by atoms with Crippen LogP contribution in [0.2, 0.25) is 5.02 Å². The number of benzene rings is 2. The molecule has 2 rings (SSSR count). The summed E-state index contributed by atoms with van der Waals surface area (Å²) in [7, 11) is 1.61. The number of halogens is 1.